The van der Waals surface area contributed by atoms with E-state index in [9.17, 15) is 5.25 Å². The van der Waals surface area contributed by atoms with Crippen molar-refractivity contribution in [3.8, 4) is 5.69 Å². The fourth-order valence-corrected chi connectivity index (χ4v) is 2.90. The van der Waals surface area contributed by atoms with Gasteiger partial charge in [0.15, 0.2) is 0 Å². The summed E-state index contributed by atoms with van der Waals surface area (Å²) in [5, 5.41) is 3.87. The molecule has 0 aliphatic carbocycles. The van der Waals surface area contributed by atoms with E-state index in [0.29, 0.717) is 0 Å². The van der Waals surface area contributed by atoms with Crippen molar-refractivity contribution < 1.29 is 29.7 Å². The Kier molecular flexibility index (Phi) is 6.68. The summed E-state index contributed by atoms with van der Waals surface area (Å²) in [5.41, 5.74) is 2.49. The third-order valence-corrected chi connectivity index (χ3v) is 4.04. The van der Waals surface area contributed by atoms with Gasteiger partial charge in [0.25, 0.3) is 0 Å². The van der Waals surface area contributed by atoms with Crippen LogP contribution in [0.15, 0.2) is 103 Å². The van der Waals surface area contributed by atoms with Gasteiger partial charge in [0.1, 0.15) is 0 Å². The number of rotatable bonds is 1. The van der Waals surface area contributed by atoms with Crippen LogP contribution in [0.4, 0.5) is 5.25 Å². The first kappa shape index (κ1) is 18.5. The summed E-state index contributed by atoms with van der Waals surface area (Å²) in [6.45, 7) is 0. The second-order valence-electron chi connectivity index (χ2n) is 5.62. The van der Waals surface area contributed by atoms with Crippen molar-refractivity contribution in [2.75, 3.05) is 0 Å². The van der Waals surface area contributed by atoms with Crippen LogP contribution in [0, 0.1) is 0 Å². The molecule has 0 saturated carbocycles. The van der Waals surface area contributed by atoms with E-state index in [1.807, 2.05) is 30.3 Å². The van der Waals surface area contributed by atoms with Gasteiger partial charge in [-0.05, 0) is 23.2 Å². The average molecular weight is 425 g/mol. The maximum atomic E-state index is 9.80. The van der Waals surface area contributed by atoms with Crippen LogP contribution in [-0.4, -0.2) is 4.57 Å². The number of halogens is 2. The van der Waals surface area contributed by atoms with Crippen molar-refractivity contribution in [2.45, 2.75) is 0 Å². The van der Waals surface area contributed by atoms with E-state index >= 15 is 0 Å². The molecule has 0 atom stereocenters. The van der Waals surface area contributed by atoms with Crippen molar-refractivity contribution in [3.63, 3.8) is 0 Å². The van der Waals surface area contributed by atoms with E-state index in [4.69, 9.17) is 0 Å². The summed E-state index contributed by atoms with van der Waals surface area (Å²) < 4.78 is 21.8. The molecule has 1 nitrogen and oxygen atoms in total. The molecule has 0 amide bonds. The van der Waals surface area contributed by atoms with Crippen molar-refractivity contribution in [3.05, 3.63) is 103 Å². The van der Waals surface area contributed by atoms with Crippen LogP contribution in [0.3, 0.4) is 0 Å². The van der Waals surface area contributed by atoms with Crippen LogP contribution >= 0.6 is 0 Å². The van der Waals surface area contributed by atoms with Crippen LogP contribution in [0.5, 0.6) is 0 Å². The minimum Gasteiger partial charge on any atom is -0.335 e. The zero-order valence-electron chi connectivity index (χ0n) is 14.0. The SMILES string of the molecule is [F][Zr+2][F].c1cc[cH-]c1.c1ccc2[cH-]c(-n3ccc4ccccc43)cc2c1. The molecule has 0 spiro atoms. The number of fused-ring (bicyclic) bond motifs is 2. The molecule has 0 saturated heterocycles. The van der Waals surface area contributed by atoms with Crippen LogP contribution in [0.2, 0.25) is 0 Å². The predicted octanol–water partition coefficient (Wildman–Crippen LogP) is 6.75. The van der Waals surface area contributed by atoms with Crippen LogP contribution in [0.25, 0.3) is 27.4 Å². The third kappa shape index (κ3) is 4.44. The molecule has 0 radical (unpaired) electrons. The molecule has 26 heavy (non-hydrogen) atoms. The number of aromatic nitrogens is 1. The van der Waals surface area contributed by atoms with Gasteiger partial charge in [0.05, 0.1) is 5.52 Å². The van der Waals surface area contributed by atoms with Gasteiger partial charge in [-0.3, -0.25) is 0 Å². The van der Waals surface area contributed by atoms with Gasteiger partial charge in [-0.25, -0.2) is 12.1 Å². The first-order chi connectivity index (χ1) is 12.8. The topological polar surface area (TPSA) is 4.93 Å². The van der Waals surface area contributed by atoms with E-state index in [1.54, 1.807) is 0 Å². The number of benzene rings is 2. The largest absolute Gasteiger partial charge is 0.335 e. The summed E-state index contributed by atoms with van der Waals surface area (Å²) in [7, 11) is 0. The van der Waals surface area contributed by atoms with E-state index < -0.39 is 24.5 Å². The van der Waals surface area contributed by atoms with Gasteiger partial charge in [0.2, 0.25) is 0 Å². The minimum atomic E-state index is -2.77. The molecule has 0 bridgehead atoms. The Bertz CT molecular complexity index is 994. The number of hydrogen-bond donors (Lipinski definition) is 0. The summed E-state index contributed by atoms with van der Waals surface area (Å²) in [4.78, 5) is 0. The van der Waals surface area contributed by atoms with Gasteiger partial charge >= 0.3 is 29.7 Å². The molecule has 1 aromatic heterocycles. The fourth-order valence-electron chi connectivity index (χ4n) is 2.90. The average Bonchev–Trinajstić information content (AvgIpc) is 3.42. The van der Waals surface area contributed by atoms with Crippen molar-refractivity contribution in [1.29, 1.82) is 0 Å². The third-order valence-electron chi connectivity index (χ3n) is 4.04. The molecule has 0 unspecified atom stereocenters. The van der Waals surface area contributed by atoms with E-state index in [1.165, 1.54) is 27.4 Å². The summed E-state index contributed by atoms with van der Waals surface area (Å²) >= 11 is -2.77. The molecule has 128 valence electrons. The molecular formula is C22H17F2NZr. The monoisotopic (exact) mass is 423 g/mol. The second kappa shape index (κ2) is 9.40. The Morgan fingerprint density at radius 1 is 0.769 bits per heavy atom. The van der Waals surface area contributed by atoms with Crippen molar-refractivity contribution in [2.24, 2.45) is 0 Å². The molecule has 0 N–H and O–H groups in total. The molecule has 0 fully saturated rings. The quantitative estimate of drug-likeness (QED) is 0.262. The van der Waals surface area contributed by atoms with E-state index in [0.717, 1.165) is 0 Å². The Hall–Kier alpha value is -2.32. The Morgan fingerprint density at radius 3 is 2.08 bits per heavy atom. The number of hydrogen-bond acceptors (Lipinski definition) is 0. The maximum Gasteiger partial charge on any atom is 0.0511 e. The van der Waals surface area contributed by atoms with Gasteiger partial charge in [-0.1, -0.05) is 24.3 Å². The van der Waals surface area contributed by atoms with Gasteiger partial charge < -0.3 is 4.57 Å². The smallest absolute Gasteiger partial charge is 0.0511 e. The molecule has 0 aliphatic heterocycles. The molecule has 4 aromatic carbocycles. The van der Waals surface area contributed by atoms with Gasteiger partial charge in [-0.15, -0.1) is 41.1 Å². The first-order valence-corrected chi connectivity index (χ1v) is 10.0. The molecular weight excluding hydrogens is 407 g/mol. The zero-order valence-corrected chi connectivity index (χ0v) is 16.5. The van der Waals surface area contributed by atoms with E-state index in [2.05, 4.69) is 77.5 Å². The Labute approximate surface area is 164 Å². The van der Waals surface area contributed by atoms with Crippen LogP contribution in [0.1, 0.15) is 0 Å². The first-order valence-electron chi connectivity index (χ1n) is 8.18. The predicted molar refractivity (Wildman–Crippen MR) is 101 cm³/mol. The van der Waals surface area contributed by atoms with Crippen molar-refractivity contribution >= 4 is 21.7 Å². The number of para-hydroxylation sites is 1. The Morgan fingerprint density at radius 2 is 1.42 bits per heavy atom. The standard InChI is InChI=1S/C17H12N.C5H5.2FH.Zr/c1-2-7-15-12-16(11-14(15)6-1)18-10-9-13-5-3-4-8-17(13)18;1-2-4-5-3-1;;;/h1-12H;1-5H;2*1H;/q2*-1;;;+4/p-2. The summed E-state index contributed by atoms with van der Waals surface area (Å²) in [6.07, 6.45) is 2.14. The second-order valence-corrected chi connectivity index (χ2v) is 5.97. The van der Waals surface area contributed by atoms with Crippen molar-refractivity contribution in [1.82, 2.24) is 4.57 Å². The van der Waals surface area contributed by atoms with Gasteiger partial charge in [-0.2, -0.15) is 18.2 Å². The maximum absolute atomic E-state index is 9.80. The fraction of sp³-hybridized carbons (Fsp3) is 0. The number of nitrogens with zero attached hydrogens (tertiary/aromatic N) is 1. The summed E-state index contributed by atoms with van der Waals surface area (Å²) in [5.74, 6) is 0. The summed E-state index contributed by atoms with van der Waals surface area (Å²) in [6, 6.07) is 33.6. The minimum absolute atomic E-state index is 1.23. The molecule has 1 heterocycles. The Balaban J connectivity index is 0.000000207. The van der Waals surface area contributed by atoms with Crippen LogP contribution in [-0.2, 0) is 24.5 Å². The normalized spacial score (nSPS) is 9.77. The van der Waals surface area contributed by atoms with Gasteiger partial charge in [0, 0.05) is 6.20 Å². The molecule has 5 rings (SSSR count). The van der Waals surface area contributed by atoms with Crippen LogP contribution < -0.4 is 0 Å². The zero-order chi connectivity index (χ0) is 18.2. The molecule has 0 aliphatic rings. The molecule has 4 heteroatoms. The molecule has 5 aromatic rings. The van der Waals surface area contributed by atoms with E-state index in [-0.39, 0.29) is 0 Å².